The van der Waals surface area contributed by atoms with Gasteiger partial charge in [0, 0.05) is 5.75 Å². The molecule has 0 bridgehead atoms. The summed E-state index contributed by atoms with van der Waals surface area (Å²) in [7, 11) is -3.51. The zero-order valence-corrected chi connectivity index (χ0v) is 11.8. The lowest BCUT2D eigenvalue weighted by Gasteiger charge is -2.24. The van der Waals surface area contributed by atoms with Crippen LogP contribution < -0.4 is 0 Å². The van der Waals surface area contributed by atoms with Gasteiger partial charge in [0.15, 0.2) is 14.6 Å². The molecule has 0 N–H and O–H groups in total. The molecule has 0 unspecified atom stereocenters. The van der Waals surface area contributed by atoms with E-state index in [2.05, 4.69) is 0 Å². The van der Waals surface area contributed by atoms with Crippen LogP contribution in [0.5, 0.6) is 0 Å². The van der Waals surface area contributed by atoms with Crippen LogP contribution in [0.25, 0.3) is 0 Å². The predicted molar refractivity (Wildman–Crippen MR) is 66.3 cm³/mol. The maximum Gasteiger partial charge on any atom is 0.309 e. The van der Waals surface area contributed by atoms with Crippen LogP contribution in [0.1, 0.15) is 33.6 Å². The number of carbonyl (C=O) groups is 1. The average Bonchev–Trinajstić information content (AvgIpc) is 2.68. The highest BCUT2D eigenvalue weighted by molar-refractivity contribution is 7.93. The highest BCUT2D eigenvalue weighted by atomic mass is 32.2. The van der Waals surface area contributed by atoms with Crippen LogP contribution in [-0.2, 0) is 19.4 Å². The summed E-state index contributed by atoms with van der Waals surface area (Å²) in [4.78, 5) is 11.7. The molecule has 1 rings (SSSR count). The van der Waals surface area contributed by atoms with Crippen molar-refractivity contribution in [1.82, 2.24) is 0 Å². The number of nitrogens with zero attached hydrogens (tertiary/aromatic N) is 1. The molecule has 3 atom stereocenters. The van der Waals surface area contributed by atoms with E-state index in [9.17, 15) is 18.5 Å². The number of esters is 1. The molecule has 1 saturated carbocycles. The fourth-order valence-corrected chi connectivity index (χ4v) is 4.44. The van der Waals surface area contributed by atoms with Gasteiger partial charge in [-0.05, 0) is 25.7 Å². The molecule has 0 saturated heterocycles. The monoisotopic (exact) mass is 273 g/mol. The fourth-order valence-electron chi connectivity index (χ4n) is 2.62. The Morgan fingerprint density at radius 1 is 1.50 bits per heavy atom. The summed E-state index contributed by atoms with van der Waals surface area (Å²) < 4.78 is 27.7. The van der Waals surface area contributed by atoms with Crippen molar-refractivity contribution >= 4 is 15.8 Å². The largest absolute Gasteiger partial charge is 0.466 e. The molecule has 1 aliphatic rings. The van der Waals surface area contributed by atoms with Crippen molar-refractivity contribution in [2.75, 3.05) is 12.4 Å². The van der Waals surface area contributed by atoms with Crippen LogP contribution in [-0.4, -0.2) is 31.5 Å². The van der Waals surface area contributed by atoms with Gasteiger partial charge >= 0.3 is 5.97 Å². The Labute approximate surface area is 108 Å². The van der Waals surface area contributed by atoms with Crippen molar-refractivity contribution in [1.29, 1.82) is 5.26 Å². The van der Waals surface area contributed by atoms with Gasteiger partial charge in [-0.3, -0.25) is 4.79 Å². The predicted octanol–water partition coefficient (Wildman–Crippen LogP) is 1.29. The van der Waals surface area contributed by atoms with E-state index in [1.165, 1.54) is 6.92 Å². The van der Waals surface area contributed by atoms with E-state index in [1.807, 2.05) is 6.07 Å². The first-order valence-corrected chi connectivity index (χ1v) is 7.80. The highest BCUT2D eigenvalue weighted by Crippen LogP contribution is 2.45. The summed E-state index contributed by atoms with van der Waals surface area (Å²) in [5.41, 5.74) is 0. The van der Waals surface area contributed by atoms with E-state index >= 15 is 0 Å². The van der Waals surface area contributed by atoms with Crippen LogP contribution in [0.2, 0.25) is 0 Å². The Bertz CT molecular complexity index is 465. The summed E-state index contributed by atoms with van der Waals surface area (Å²) in [6.45, 7) is 5.22. The van der Waals surface area contributed by atoms with Gasteiger partial charge in [0.25, 0.3) is 0 Å². The lowest BCUT2D eigenvalue weighted by molar-refractivity contribution is -0.147. The number of nitriles is 1. The standard InChI is InChI=1S/C12H19NO4S/c1-4-17-11(14)10-6-9(3)12(7-10,8-13)18(15,16)5-2/h9-10H,4-7H2,1-3H3/t9-,10-,12+/m1/s1. The number of hydrogen-bond acceptors (Lipinski definition) is 5. The number of rotatable bonds is 4. The minimum absolute atomic E-state index is 0.0552. The Hall–Kier alpha value is -1.09. The maximum absolute atomic E-state index is 12.1. The van der Waals surface area contributed by atoms with Crippen molar-refractivity contribution in [2.24, 2.45) is 11.8 Å². The van der Waals surface area contributed by atoms with Crippen molar-refractivity contribution < 1.29 is 17.9 Å². The Morgan fingerprint density at radius 3 is 2.56 bits per heavy atom. The van der Waals surface area contributed by atoms with E-state index in [1.54, 1.807) is 13.8 Å². The minimum atomic E-state index is -3.51. The van der Waals surface area contributed by atoms with Crippen LogP contribution >= 0.6 is 0 Å². The zero-order valence-electron chi connectivity index (χ0n) is 11.0. The van der Waals surface area contributed by atoms with Crippen LogP contribution in [0.15, 0.2) is 0 Å². The Balaban J connectivity index is 3.06. The highest BCUT2D eigenvalue weighted by Gasteiger charge is 2.56. The molecule has 0 aromatic carbocycles. The van der Waals surface area contributed by atoms with E-state index in [4.69, 9.17) is 4.74 Å². The summed E-state index contributed by atoms with van der Waals surface area (Å²) in [5.74, 6) is -1.31. The molecule has 0 aromatic rings. The topological polar surface area (TPSA) is 84.2 Å². The van der Waals surface area contributed by atoms with Crippen LogP contribution in [0.3, 0.4) is 0 Å². The minimum Gasteiger partial charge on any atom is -0.466 e. The van der Waals surface area contributed by atoms with Gasteiger partial charge in [0.1, 0.15) is 0 Å². The summed E-state index contributed by atoms with van der Waals surface area (Å²) in [6.07, 6.45) is 0.450. The van der Waals surface area contributed by atoms with E-state index < -0.39 is 26.5 Å². The molecule has 1 aliphatic carbocycles. The van der Waals surface area contributed by atoms with E-state index in [0.29, 0.717) is 6.42 Å². The van der Waals surface area contributed by atoms with Gasteiger partial charge in [-0.2, -0.15) is 5.26 Å². The van der Waals surface area contributed by atoms with Gasteiger partial charge in [0.05, 0.1) is 18.6 Å². The lowest BCUT2D eigenvalue weighted by atomic mass is 9.99. The molecule has 102 valence electrons. The molecule has 0 amide bonds. The van der Waals surface area contributed by atoms with Gasteiger partial charge in [-0.15, -0.1) is 0 Å². The molecule has 18 heavy (non-hydrogen) atoms. The van der Waals surface area contributed by atoms with Gasteiger partial charge in [-0.1, -0.05) is 13.8 Å². The van der Waals surface area contributed by atoms with Gasteiger partial charge in [-0.25, -0.2) is 8.42 Å². The summed E-state index contributed by atoms with van der Waals surface area (Å²) in [6, 6.07) is 1.95. The number of ether oxygens (including phenoxy) is 1. The van der Waals surface area contributed by atoms with Crippen LogP contribution in [0.4, 0.5) is 0 Å². The second kappa shape index (κ2) is 5.27. The molecule has 6 heteroatoms. The first-order valence-electron chi connectivity index (χ1n) is 6.14. The third-order valence-electron chi connectivity index (χ3n) is 3.73. The molecule has 1 fully saturated rings. The van der Waals surface area contributed by atoms with Crippen molar-refractivity contribution in [3.63, 3.8) is 0 Å². The molecule has 0 aliphatic heterocycles. The van der Waals surface area contributed by atoms with Crippen molar-refractivity contribution in [2.45, 2.75) is 38.4 Å². The van der Waals surface area contributed by atoms with Gasteiger partial charge < -0.3 is 4.74 Å². The summed E-state index contributed by atoms with van der Waals surface area (Å²) in [5, 5.41) is 9.30. The lowest BCUT2D eigenvalue weighted by Crippen LogP contribution is -2.41. The molecular weight excluding hydrogens is 254 g/mol. The van der Waals surface area contributed by atoms with Gasteiger partial charge in [0.2, 0.25) is 0 Å². The average molecular weight is 273 g/mol. The molecular formula is C12H19NO4S. The zero-order chi connectivity index (χ0) is 14.0. The third kappa shape index (κ3) is 2.24. The quantitative estimate of drug-likeness (QED) is 0.721. The normalized spacial score (nSPS) is 31.9. The van der Waals surface area contributed by atoms with Crippen molar-refractivity contribution in [3.8, 4) is 6.07 Å². The third-order valence-corrected chi connectivity index (χ3v) is 6.26. The van der Waals surface area contributed by atoms with Crippen LogP contribution in [0, 0.1) is 23.2 Å². The maximum atomic E-state index is 12.1. The molecule has 5 nitrogen and oxygen atoms in total. The number of sulfone groups is 1. The Kier molecular flexibility index (Phi) is 4.38. The second-order valence-corrected chi connectivity index (χ2v) is 7.23. The van der Waals surface area contributed by atoms with E-state index in [0.717, 1.165) is 0 Å². The first kappa shape index (κ1) is 15.0. The second-order valence-electron chi connectivity index (χ2n) is 4.69. The molecule has 0 aromatic heterocycles. The smallest absolute Gasteiger partial charge is 0.309 e. The first-order chi connectivity index (χ1) is 8.34. The Morgan fingerprint density at radius 2 is 2.11 bits per heavy atom. The molecule has 0 heterocycles. The summed E-state index contributed by atoms with van der Waals surface area (Å²) >= 11 is 0. The molecule has 0 spiro atoms. The SMILES string of the molecule is CCOC(=O)[C@@H]1C[C@@H](C)[C@](C#N)(S(=O)(=O)CC)C1. The fraction of sp³-hybridized carbons (Fsp3) is 0.833. The van der Waals surface area contributed by atoms with E-state index in [-0.39, 0.29) is 24.7 Å². The van der Waals surface area contributed by atoms with Crippen molar-refractivity contribution in [3.05, 3.63) is 0 Å². The number of carbonyl (C=O) groups excluding carboxylic acids is 1. The number of hydrogen-bond donors (Lipinski definition) is 0. The molecule has 0 radical (unpaired) electrons.